The number of benzene rings is 1. The minimum Gasteiger partial charge on any atom is -0.390 e. The fourth-order valence-corrected chi connectivity index (χ4v) is 6.33. The second kappa shape index (κ2) is 7.28. The van der Waals surface area contributed by atoms with E-state index in [1.807, 2.05) is 0 Å². The lowest BCUT2D eigenvalue weighted by atomic mass is 9.29. The molecule has 1 aromatic rings. The molecule has 11 heteroatoms. The van der Waals surface area contributed by atoms with Crippen LogP contribution < -0.4 is 10.6 Å². The summed E-state index contributed by atoms with van der Waals surface area (Å²) in [6.45, 7) is 3.21. The Balaban J connectivity index is 1.32. The normalized spacial score (nSPS) is 30.7. The van der Waals surface area contributed by atoms with Crippen molar-refractivity contribution in [2.24, 2.45) is 10.8 Å². The molecule has 4 amide bonds. The molecule has 6 rings (SSSR count). The molecule has 0 radical (unpaired) electrons. The van der Waals surface area contributed by atoms with Gasteiger partial charge in [0, 0.05) is 34.9 Å². The number of carbonyl (C=O) groups excluding carboxylic acids is 4. The number of hydrogen-bond acceptors (Lipinski definition) is 5. The van der Waals surface area contributed by atoms with E-state index in [1.165, 1.54) is 23.1 Å². The molecule has 2 unspecified atom stereocenters. The first-order valence-electron chi connectivity index (χ1n) is 11.5. The van der Waals surface area contributed by atoms with Crippen LogP contribution in [0.5, 0.6) is 0 Å². The predicted molar refractivity (Wildman–Crippen MR) is 115 cm³/mol. The highest BCUT2D eigenvalue weighted by molar-refractivity contribution is 6.06. The van der Waals surface area contributed by atoms with Gasteiger partial charge >= 0.3 is 6.18 Å². The van der Waals surface area contributed by atoms with Gasteiger partial charge in [-0.25, -0.2) is 0 Å². The highest BCUT2D eigenvalue weighted by Gasteiger charge is 2.78. The van der Waals surface area contributed by atoms with Gasteiger partial charge in [0.2, 0.25) is 11.8 Å². The molecule has 8 nitrogen and oxygen atoms in total. The van der Waals surface area contributed by atoms with E-state index in [0.717, 1.165) is 0 Å². The van der Waals surface area contributed by atoms with Crippen molar-refractivity contribution in [2.75, 3.05) is 0 Å². The minimum absolute atomic E-state index is 0.0141. The fraction of sp³-hybridized carbons (Fsp3) is 0.583. The number of halogens is 3. The van der Waals surface area contributed by atoms with Gasteiger partial charge < -0.3 is 15.3 Å². The Morgan fingerprint density at radius 1 is 1.20 bits per heavy atom. The third-order valence-electron chi connectivity index (χ3n) is 8.37. The molecular weight excluding hydrogens is 467 g/mol. The second-order valence-corrected chi connectivity index (χ2v) is 11.0. The average molecular weight is 493 g/mol. The van der Waals surface area contributed by atoms with E-state index in [4.69, 9.17) is 0 Å². The van der Waals surface area contributed by atoms with E-state index in [1.54, 1.807) is 13.8 Å². The van der Waals surface area contributed by atoms with Crippen LogP contribution in [-0.2, 0) is 16.1 Å². The number of carbonyl (C=O) groups is 4. The first kappa shape index (κ1) is 23.8. The summed E-state index contributed by atoms with van der Waals surface area (Å²) >= 11 is 0. The average Bonchev–Trinajstić information content (AvgIpc) is 2.99. The van der Waals surface area contributed by atoms with Crippen LogP contribution >= 0.6 is 0 Å². The number of aliphatic hydroxyl groups is 1. The van der Waals surface area contributed by atoms with Gasteiger partial charge in [-0.1, -0.05) is 0 Å². The number of nitrogens with zero attached hydrogens (tertiary/aromatic N) is 1. The summed E-state index contributed by atoms with van der Waals surface area (Å²) in [6.07, 6.45) is -3.81. The van der Waals surface area contributed by atoms with Gasteiger partial charge in [-0.05, 0) is 63.3 Å². The highest BCUT2D eigenvalue weighted by Crippen LogP contribution is 2.79. The smallest absolute Gasteiger partial charge is 0.390 e. The molecule has 1 aromatic carbocycles. The molecule has 4 fully saturated rings. The predicted octanol–water partition coefficient (Wildman–Crippen LogP) is 2.05. The van der Waals surface area contributed by atoms with Gasteiger partial charge in [0.1, 0.15) is 12.1 Å². The summed E-state index contributed by atoms with van der Waals surface area (Å²) in [6, 6.07) is 1.19. The van der Waals surface area contributed by atoms with E-state index in [-0.39, 0.29) is 49.8 Å². The van der Waals surface area contributed by atoms with Crippen molar-refractivity contribution in [2.45, 2.75) is 76.4 Å². The van der Waals surface area contributed by atoms with E-state index in [2.05, 4.69) is 10.6 Å². The van der Waals surface area contributed by atoms with Crippen molar-refractivity contribution >= 4 is 23.6 Å². The monoisotopic (exact) mass is 493 g/mol. The lowest BCUT2D eigenvalue weighted by Crippen LogP contribution is -2.77. The first-order valence-corrected chi connectivity index (χ1v) is 11.5. The molecule has 3 aliphatic carbocycles. The number of rotatable bonds is 5. The van der Waals surface area contributed by atoms with Crippen LogP contribution in [0.15, 0.2) is 18.2 Å². The third kappa shape index (κ3) is 3.54. The molecule has 2 heterocycles. The first-order chi connectivity index (χ1) is 16.2. The van der Waals surface area contributed by atoms with Crippen molar-refractivity contribution in [3.8, 4) is 0 Å². The van der Waals surface area contributed by atoms with Crippen LogP contribution in [-0.4, -0.2) is 57.5 Å². The second-order valence-electron chi connectivity index (χ2n) is 11.0. The Morgan fingerprint density at radius 2 is 1.86 bits per heavy atom. The van der Waals surface area contributed by atoms with E-state index < -0.39 is 58.3 Å². The molecule has 3 N–H and O–H groups in total. The van der Waals surface area contributed by atoms with Gasteiger partial charge in [0.05, 0.1) is 5.60 Å². The van der Waals surface area contributed by atoms with Crippen LogP contribution in [0.25, 0.3) is 0 Å². The Morgan fingerprint density at radius 3 is 2.43 bits per heavy atom. The largest absolute Gasteiger partial charge is 0.409 e. The van der Waals surface area contributed by atoms with Crippen molar-refractivity contribution in [3.63, 3.8) is 0 Å². The number of alkyl halides is 3. The maximum Gasteiger partial charge on any atom is 0.409 e. The number of hydrogen-bond donors (Lipinski definition) is 3. The lowest BCUT2D eigenvalue weighted by molar-refractivity contribution is -0.330. The molecule has 3 saturated carbocycles. The van der Waals surface area contributed by atoms with Crippen LogP contribution in [0.3, 0.4) is 0 Å². The van der Waals surface area contributed by atoms with Gasteiger partial charge in [-0.2, -0.15) is 13.2 Å². The van der Waals surface area contributed by atoms with E-state index in [9.17, 15) is 37.5 Å². The molecule has 2 bridgehead atoms. The topological polar surface area (TPSA) is 116 Å². The maximum atomic E-state index is 14.0. The number of nitrogens with one attached hydrogen (secondary N) is 2. The molecule has 0 spiro atoms. The van der Waals surface area contributed by atoms with Gasteiger partial charge in [0.25, 0.3) is 11.8 Å². The number of fused-ring (bicyclic) bond motifs is 1. The summed E-state index contributed by atoms with van der Waals surface area (Å²) in [5.74, 6) is -2.31. The summed E-state index contributed by atoms with van der Waals surface area (Å²) in [7, 11) is 0. The maximum absolute atomic E-state index is 14.0. The van der Waals surface area contributed by atoms with Crippen molar-refractivity contribution < 1.29 is 37.5 Å². The number of amides is 4. The molecule has 35 heavy (non-hydrogen) atoms. The summed E-state index contributed by atoms with van der Waals surface area (Å²) in [4.78, 5) is 50.6. The van der Waals surface area contributed by atoms with Crippen LogP contribution in [0, 0.1) is 10.8 Å². The Bertz CT molecular complexity index is 1140. The van der Waals surface area contributed by atoms with Crippen LogP contribution in [0.1, 0.15) is 72.2 Å². The quantitative estimate of drug-likeness (QED) is 0.543. The molecule has 2 aliphatic heterocycles. The van der Waals surface area contributed by atoms with Gasteiger partial charge in [-0.15, -0.1) is 0 Å². The molecule has 0 aromatic heterocycles. The number of imide groups is 1. The van der Waals surface area contributed by atoms with E-state index >= 15 is 0 Å². The standard InChI is InChI=1S/C24H26F3N3O5/c1-21(2,35)23-9-22(10-23,11-23)20(24(25,26)27)29-17(32)12-3-4-14-13(7-12)8-30(19(14)34)15-5-6-16(31)28-18(15)33/h3-4,7,15,20,35H,5-6,8-11H2,1-2H3,(H,29,32)(H,28,31,33). The fourth-order valence-electron chi connectivity index (χ4n) is 6.33. The van der Waals surface area contributed by atoms with E-state index in [0.29, 0.717) is 5.56 Å². The zero-order chi connectivity index (χ0) is 25.6. The molecule has 188 valence electrons. The van der Waals surface area contributed by atoms with Crippen molar-refractivity contribution in [1.29, 1.82) is 0 Å². The van der Waals surface area contributed by atoms with Crippen LogP contribution in [0.4, 0.5) is 13.2 Å². The third-order valence-corrected chi connectivity index (χ3v) is 8.37. The Hall–Kier alpha value is -2.95. The summed E-state index contributed by atoms with van der Waals surface area (Å²) in [5, 5.41) is 14.7. The summed E-state index contributed by atoms with van der Waals surface area (Å²) < 4.78 is 41.9. The number of piperidine rings is 1. The molecule has 1 saturated heterocycles. The Kier molecular flexibility index (Phi) is 4.95. The van der Waals surface area contributed by atoms with Crippen molar-refractivity contribution in [3.05, 3.63) is 34.9 Å². The Labute approximate surface area is 199 Å². The highest BCUT2D eigenvalue weighted by atomic mass is 19.4. The van der Waals surface area contributed by atoms with Crippen LogP contribution in [0.2, 0.25) is 0 Å². The SMILES string of the molecule is CC(C)(O)C12CC(C(NC(=O)c3ccc4c(c3)CN(C3CCC(=O)NC3=O)C4=O)C(F)(F)F)(C1)C2. The zero-order valence-corrected chi connectivity index (χ0v) is 19.3. The molecule has 2 atom stereocenters. The zero-order valence-electron chi connectivity index (χ0n) is 19.3. The molecular formula is C24H26F3N3O5. The summed E-state index contributed by atoms with van der Waals surface area (Å²) in [5.41, 5.74) is -2.07. The minimum atomic E-state index is -4.66. The van der Waals surface area contributed by atoms with Crippen molar-refractivity contribution in [1.82, 2.24) is 15.5 Å². The lowest BCUT2D eigenvalue weighted by Gasteiger charge is -2.76. The molecule has 5 aliphatic rings. The van der Waals surface area contributed by atoms with Gasteiger partial charge in [0.15, 0.2) is 0 Å². The van der Waals surface area contributed by atoms with Gasteiger partial charge in [-0.3, -0.25) is 24.5 Å².